The number of nitrogens with two attached hydrogens (primary N) is 3. The molecule has 2 amide bonds. The second-order valence-corrected chi connectivity index (χ2v) is 23.6. The van der Waals surface area contributed by atoms with Crippen LogP contribution in [0.25, 0.3) is 0 Å². The Labute approximate surface area is 379 Å². The number of primary amides is 1. The van der Waals surface area contributed by atoms with Gasteiger partial charge in [0.15, 0.2) is 0 Å². The zero-order valence-corrected chi connectivity index (χ0v) is 38.9. The summed E-state index contributed by atoms with van der Waals surface area (Å²) in [5.41, 5.74) is 16.3. The van der Waals surface area contributed by atoms with Gasteiger partial charge in [-0.15, -0.1) is 12.4 Å². The average molecular weight is 905 g/mol. The normalized spacial score (nSPS) is 12.4. The number of carbonyl (C=O) groups excluding carboxylic acids is 2. The minimum absolute atomic E-state index is 0. The second-order valence-electron chi connectivity index (χ2n) is 15.5. The Balaban J connectivity index is 0.000000272. The first-order valence-corrected chi connectivity index (χ1v) is 25.3. The predicted octanol–water partition coefficient (Wildman–Crippen LogP) is 4.07. The van der Waals surface area contributed by atoms with Crippen LogP contribution in [0.3, 0.4) is 0 Å². The molecule has 0 spiro atoms. The fraction of sp³-hybridized carbons (Fsp3) is 0.180. The van der Waals surface area contributed by atoms with E-state index in [-0.39, 0.29) is 30.1 Å². The number of hydrogen-bond acceptors (Lipinski definition) is 5. The molecule has 0 radical (unpaired) electrons. The predicted molar refractivity (Wildman–Crippen MR) is 274 cm³/mol. The van der Waals surface area contributed by atoms with Crippen molar-refractivity contribution in [2.45, 2.75) is 18.9 Å². The molecule has 63 heavy (non-hydrogen) atoms. The van der Waals surface area contributed by atoms with Crippen LogP contribution in [0, 0.1) is 10.8 Å². The first kappa shape index (κ1) is 49.6. The van der Waals surface area contributed by atoms with Crippen molar-refractivity contribution in [1.82, 2.24) is 10.2 Å². The van der Waals surface area contributed by atoms with Gasteiger partial charge in [0.05, 0.1) is 0 Å². The molecule has 0 bridgehead atoms. The zero-order chi connectivity index (χ0) is 44.4. The van der Waals surface area contributed by atoms with Crippen LogP contribution in [0.1, 0.15) is 12.8 Å². The molecule has 10 nitrogen and oxygen atoms in total. The summed E-state index contributed by atoms with van der Waals surface area (Å²) in [6, 6.07) is 63.7. The molecule has 330 valence electrons. The summed E-state index contributed by atoms with van der Waals surface area (Å²) < 4.78 is 1.86. The van der Waals surface area contributed by atoms with Gasteiger partial charge in [0.2, 0.25) is 0 Å². The Bertz CT molecular complexity index is 2170. The third-order valence-electron chi connectivity index (χ3n) is 11.3. The summed E-state index contributed by atoms with van der Waals surface area (Å²) in [6.07, 6.45) is 5.19. The Morgan fingerprint density at radius 3 is 1.16 bits per heavy atom. The summed E-state index contributed by atoms with van der Waals surface area (Å²) in [6.45, 7) is 1.35. The molecular formula is C50H62ClN8O2P2+. The fourth-order valence-electron chi connectivity index (χ4n) is 8.56. The summed E-state index contributed by atoms with van der Waals surface area (Å²) in [5.74, 6) is -1.54. The van der Waals surface area contributed by atoms with E-state index in [0.717, 1.165) is 31.7 Å². The smallest absolute Gasteiger partial charge is 0.147 e. The molecule has 1 atom stereocenters. The molecule has 0 fully saturated rings. The summed E-state index contributed by atoms with van der Waals surface area (Å²) in [4.78, 5) is 25.4. The molecule has 9 N–H and O–H groups in total. The van der Waals surface area contributed by atoms with E-state index in [1.165, 1.54) is 38.0 Å². The van der Waals surface area contributed by atoms with Gasteiger partial charge < -0.3 is 0 Å². The monoisotopic (exact) mass is 903 g/mol. The van der Waals surface area contributed by atoms with Crippen molar-refractivity contribution in [1.29, 1.82) is 10.8 Å². The number of amidine groups is 1. The van der Waals surface area contributed by atoms with E-state index in [1.807, 2.05) is 11.6 Å². The maximum atomic E-state index is 11.9. The van der Waals surface area contributed by atoms with Gasteiger partial charge >= 0.3 is 369 Å². The second kappa shape index (κ2) is 24.6. The minimum Gasteiger partial charge on any atom is -0.147 e. The van der Waals surface area contributed by atoms with Gasteiger partial charge in [0.1, 0.15) is 0 Å². The molecule has 6 rings (SSSR count). The molecule has 0 aliphatic heterocycles. The molecular weight excluding hydrogens is 842 g/mol. The van der Waals surface area contributed by atoms with E-state index in [9.17, 15) is 9.59 Å². The third-order valence-corrected chi connectivity index (χ3v) is 21.4. The Morgan fingerprint density at radius 1 is 0.587 bits per heavy atom. The van der Waals surface area contributed by atoms with Crippen LogP contribution in [0.15, 0.2) is 182 Å². The van der Waals surface area contributed by atoms with Gasteiger partial charge in [0.25, 0.3) is 0 Å². The molecule has 0 heterocycles. The summed E-state index contributed by atoms with van der Waals surface area (Å²) in [7, 11) is -0.889. The number of halogens is 1. The summed E-state index contributed by atoms with van der Waals surface area (Å²) >= 11 is 0. The zero-order valence-electron chi connectivity index (χ0n) is 36.1. The molecule has 0 saturated carbocycles. The van der Waals surface area contributed by atoms with Crippen LogP contribution in [-0.2, 0) is 9.59 Å². The Hall–Kier alpha value is -6.02. The number of hydrogen-bond donors (Lipinski definition) is 6. The van der Waals surface area contributed by atoms with Crippen molar-refractivity contribution >= 4 is 88.6 Å². The number of nitrogens with one attached hydrogen (secondary N) is 3. The average Bonchev–Trinajstić information content (AvgIpc) is 3.28. The molecule has 6 aromatic rings. The number of amides is 2. The Kier molecular flexibility index (Phi) is 19.4. The SMILES string of the molecule is CN(CCC[PH](c1ccccc1)(c1ccccc1)c1ccccc1)C(C(=N)N)C(N)=O.C[N+](=CC(=O)NC(=N)N)CCC[PH](c1ccccc1)(c1ccccc1)c1ccccc1.Cl. The van der Waals surface area contributed by atoms with Gasteiger partial charge in [0, 0.05) is 0 Å². The maximum Gasteiger partial charge on any atom is -0.147 e. The van der Waals surface area contributed by atoms with E-state index >= 15 is 0 Å². The maximum absolute atomic E-state index is 11.9. The van der Waals surface area contributed by atoms with Crippen LogP contribution in [-0.4, -0.2) is 84.9 Å². The number of guanidine groups is 1. The number of benzene rings is 6. The fourth-order valence-corrected chi connectivity index (χ4v) is 18.2. The van der Waals surface area contributed by atoms with Gasteiger partial charge in [-0.1, -0.05) is 0 Å². The number of rotatable bonds is 18. The Morgan fingerprint density at radius 2 is 0.889 bits per heavy atom. The van der Waals surface area contributed by atoms with Crippen molar-refractivity contribution in [3.63, 3.8) is 0 Å². The first-order valence-electron chi connectivity index (χ1n) is 20.9. The van der Waals surface area contributed by atoms with Crippen molar-refractivity contribution in [2.24, 2.45) is 17.2 Å². The van der Waals surface area contributed by atoms with Gasteiger partial charge in [-0.2, -0.15) is 0 Å². The number of likely N-dealkylation sites (N-methyl/N-ethyl adjacent to an activating group) is 1. The van der Waals surface area contributed by atoms with Gasteiger partial charge in [-0.3, -0.25) is 0 Å². The third kappa shape index (κ3) is 13.0. The van der Waals surface area contributed by atoms with Crippen LogP contribution >= 0.6 is 26.9 Å². The van der Waals surface area contributed by atoms with Crippen LogP contribution in [0.4, 0.5) is 0 Å². The molecule has 1 unspecified atom stereocenters. The van der Waals surface area contributed by atoms with Gasteiger partial charge in [-0.25, -0.2) is 0 Å². The molecule has 0 aromatic heterocycles. The molecule has 0 saturated heterocycles. The summed E-state index contributed by atoms with van der Waals surface area (Å²) in [5, 5.41) is 25.4. The van der Waals surface area contributed by atoms with Crippen molar-refractivity contribution in [3.05, 3.63) is 182 Å². The first-order chi connectivity index (χ1) is 30.0. The molecule has 13 heteroatoms. The topological polar surface area (TPSA) is 178 Å². The number of nitrogens with zero attached hydrogens (tertiary/aromatic N) is 2. The van der Waals surface area contributed by atoms with Crippen LogP contribution in [0.2, 0.25) is 0 Å². The van der Waals surface area contributed by atoms with E-state index in [0.29, 0.717) is 6.54 Å². The van der Waals surface area contributed by atoms with Crippen molar-refractivity contribution < 1.29 is 14.2 Å². The quantitative estimate of drug-likeness (QED) is 0.0329. The van der Waals surface area contributed by atoms with E-state index in [1.54, 1.807) is 11.9 Å². The molecule has 0 aliphatic rings. The van der Waals surface area contributed by atoms with Crippen LogP contribution < -0.4 is 54.3 Å². The van der Waals surface area contributed by atoms with Crippen LogP contribution in [0.5, 0.6) is 0 Å². The molecule has 0 aliphatic carbocycles. The van der Waals surface area contributed by atoms with Crippen molar-refractivity contribution in [2.75, 3.05) is 39.5 Å². The van der Waals surface area contributed by atoms with Gasteiger partial charge in [-0.05, 0) is 0 Å². The minimum atomic E-state index is -2.31. The van der Waals surface area contributed by atoms with Crippen molar-refractivity contribution in [3.8, 4) is 0 Å². The van der Waals surface area contributed by atoms with E-state index in [2.05, 4.69) is 187 Å². The largest absolute Gasteiger partial charge is 0.147 e. The number of carbonyl (C=O) groups is 2. The van der Waals surface area contributed by atoms with E-state index < -0.39 is 26.5 Å². The van der Waals surface area contributed by atoms with E-state index in [4.69, 9.17) is 28.0 Å². The molecule has 6 aromatic carbocycles. The standard InChI is InChI=1S/C25H29N4OP.C25H31N4OP.ClH/c1-29(20-24(30)28-25(26)27)18-11-19-31(21-12-5-2-6-13-21,22-14-7-3-8-15-22)23-16-9-4-10-17-23;1-29(23(24(26)27)25(28)30)18-11-19-31(20-12-5-2-6-13-20,21-14-7-3-8-15-21)22-16-9-4-10-17-22;/h2-10,12-17,20,31H,11,18-19H2,1H3,(H3-,26,27,28,30);2-10,12-17,23,31H,11,18-19H2,1H3,(H3,26,27)(H2,28,30);1H/p+1.